The number of nitro groups is 1. The number of halogens is 1. The zero-order valence-electron chi connectivity index (χ0n) is 15.8. The number of phenols is 1. The van der Waals surface area contributed by atoms with Crippen LogP contribution in [0.2, 0.25) is 5.02 Å². The minimum absolute atomic E-state index is 0.00385. The number of rotatable bonds is 7. The molecule has 3 aromatic rings. The molecule has 11 nitrogen and oxygen atoms in total. The minimum Gasteiger partial charge on any atom is -0.504 e. The van der Waals surface area contributed by atoms with Crippen molar-refractivity contribution < 1.29 is 24.0 Å². The highest BCUT2D eigenvalue weighted by Gasteiger charge is 2.24. The average molecular weight is 434 g/mol. The van der Waals surface area contributed by atoms with Crippen molar-refractivity contribution in [3.05, 3.63) is 68.2 Å². The number of nitrogens with one attached hydrogen (secondary N) is 1. The number of aromatic nitrogens is 2. The summed E-state index contributed by atoms with van der Waals surface area (Å²) in [6.45, 7) is 1.65. The monoisotopic (exact) mass is 433 g/mol. The quantitative estimate of drug-likeness (QED) is 0.331. The molecule has 0 atom stereocenters. The summed E-state index contributed by atoms with van der Waals surface area (Å²) in [5.41, 5.74) is 3.31. The van der Waals surface area contributed by atoms with Gasteiger partial charge in [-0.2, -0.15) is 9.78 Å². The summed E-state index contributed by atoms with van der Waals surface area (Å²) in [5.74, 6) is -0.431. The first-order valence-electron chi connectivity index (χ1n) is 8.46. The molecule has 0 unspecified atom stereocenters. The smallest absolute Gasteiger partial charge is 0.408 e. The van der Waals surface area contributed by atoms with E-state index in [-0.39, 0.29) is 28.8 Å². The highest BCUT2D eigenvalue weighted by atomic mass is 35.5. The van der Waals surface area contributed by atoms with Crippen molar-refractivity contribution in [3.63, 3.8) is 0 Å². The summed E-state index contributed by atoms with van der Waals surface area (Å²) < 4.78 is 11.8. The Hall–Kier alpha value is -3.86. The Bertz CT molecular complexity index is 1140. The van der Waals surface area contributed by atoms with E-state index in [0.717, 1.165) is 0 Å². The van der Waals surface area contributed by atoms with E-state index in [1.807, 2.05) is 0 Å². The number of methoxy groups -OCH3 is 1. The number of amides is 1. The molecule has 0 bridgehead atoms. The van der Waals surface area contributed by atoms with Gasteiger partial charge in [0, 0.05) is 0 Å². The fraction of sp³-hybridized carbons (Fsp3) is 0.167. The first-order chi connectivity index (χ1) is 14.3. The van der Waals surface area contributed by atoms with Crippen LogP contribution < -0.4 is 10.2 Å². The van der Waals surface area contributed by atoms with Gasteiger partial charge in [0.05, 0.1) is 24.1 Å². The van der Waals surface area contributed by atoms with Gasteiger partial charge in [-0.3, -0.25) is 4.79 Å². The number of carbonyl (C=O) groups excluding carboxylic acids is 1. The fourth-order valence-corrected chi connectivity index (χ4v) is 2.71. The molecule has 2 aromatic heterocycles. The maximum Gasteiger partial charge on any atom is 0.408 e. The Morgan fingerprint density at radius 3 is 2.90 bits per heavy atom. The Morgan fingerprint density at radius 1 is 1.47 bits per heavy atom. The third-order valence-corrected chi connectivity index (χ3v) is 4.51. The van der Waals surface area contributed by atoms with Gasteiger partial charge in [0.1, 0.15) is 12.3 Å². The molecular weight excluding hydrogens is 418 g/mol. The maximum absolute atomic E-state index is 12.2. The Labute approximate surface area is 174 Å². The molecule has 0 saturated heterocycles. The molecule has 2 N–H and O–H groups in total. The van der Waals surface area contributed by atoms with Crippen LogP contribution in [0.3, 0.4) is 0 Å². The van der Waals surface area contributed by atoms with Gasteiger partial charge >= 0.3 is 11.7 Å². The van der Waals surface area contributed by atoms with E-state index in [2.05, 4.69) is 15.6 Å². The second-order valence-electron chi connectivity index (χ2n) is 6.03. The van der Waals surface area contributed by atoms with Gasteiger partial charge in [0.2, 0.25) is 0 Å². The van der Waals surface area contributed by atoms with Gasteiger partial charge in [-0.05, 0) is 47.7 Å². The molecule has 0 aliphatic carbocycles. The van der Waals surface area contributed by atoms with E-state index in [1.54, 1.807) is 25.1 Å². The van der Waals surface area contributed by atoms with Crippen molar-refractivity contribution in [2.45, 2.75) is 13.5 Å². The highest BCUT2D eigenvalue weighted by molar-refractivity contribution is 6.33. The maximum atomic E-state index is 12.2. The van der Waals surface area contributed by atoms with Crippen LogP contribution in [0.25, 0.3) is 0 Å². The lowest BCUT2D eigenvalue weighted by molar-refractivity contribution is -0.389. The molecule has 3 rings (SSSR count). The molecule has 1 amide bonds. The number of hydrazone groups is 1. The van der Waals surface area contributed by atoms with Crippen molar-refractivity contribution in [1.82, 2.24) is 15.2 Å². The van der Waals surface area contributed by atoms with Crippen LogP contribution >= 0.6 is 11.6 Å². The lowest BCUT2D eigenvalue weighted by Crippen LogP contribution is -2.16. The Morgan fingerprint density at radius 2 is 2.23 bits per heavy atom. The number of hydrogen-bond donors (Lipinski definition) is 2. The van der Waals surface area contributed by atoms with E-state index in [9.17, 15) is 20.0 Å². The standard InChI is InChI=1S/C18H16ClN5O6/c1-10-16(19)17(24(27)28)22-23(10)9-12-4-6-14(30-12)18(26)21-20-8-11-3-5-13(25)15(7-11)29-2/h3-8,25H,9H2,1-2H3,(H,21,26)/b20-8+. The number of aromatic hydroxyl groups is 1. The second kappa shape index (κ2) is 8.66. The van der Waals surface area contributed by atoms with Crippen LogP contribution in [0.5, 0.6) is 11.5 Å². The summed E-state index contributed by atoms with van der Waals surface area (Å²) in [6.07, 6.45) is 1.37. The van der Waals surface area contributed by atoms with Crippen molar-refractivity contribution >= 4 is 29.5 Å². The Kier molecular flexibility index (Phi) is 6.02. The van der Waals surface area contributed by atoms with Crippen LogP contribution in [-0.2, 0) is 6.54 Å². The number of furan rings is 1. The molecule has 1 aromatic carbocycles. The summed E-state index contributed by atoms with van der Waals surface area (Å²) in [4.78, 5) is 22.4. The van der Waals surface area contributed by atoms with E-state index < -0.39 is 16.6 Å². The fourth-order valence-electron chi connectivity index (χ4n) is 2.51. The van der Waals surface area contributed by atoms with Gasteiger partial charge in [-0.25, -0.2) is 5.43 Å². The van der Waals surface area contributed by atoms with Crippen LogP contribution in [0.15, 0.2) is 39.9 Å². The Balaban J connectivity index is 1.65. The average Bonchev–Trinajstić information content (AvgIpc) is 3.29. The van der Waals surface area contributed by atoms with Gasteiger partial charge in [-0.15, -0.1) is 0 Å². The summed E-state index contributed by atoms with van der Waals surface area (Å²) in [5, 5.41) is 28.1. The van der Waals surface area contributed by atoms with E-state index in [1.165, 1.54) is 30.1 Å². The molecule has 12 heteroatoms. The molecule has 0 fully saturated rings. The van der Waals surface area contributed by atoms with E-state index in [4.69, 9.17) is 20.8 Å². The van der Waals surface area contributed by atoms with Gasteiger partial charge in [0.25, 0.3) is 0 Å². The van der Waals surface area contributed by atoms with Crippen molar-refractivity contribution in [1.29, 1.82) is 0 Å². The number of benzene rings is 1. The summed E-state index contributed by atoms with van der Waals surface area (Å²) in [7, 11) is 1.42. The van der Waals surface area contributed by atoms with Gasteiger partial charge in [0.15, 0.2) is 22.3 Å². The SMILES string of the molecule is COc1cc(/C=N/NC(=O)c2ccc(Cn3nc([N+](=O)[O-])c(Cl)c3C)o2)ccc1O. The topological polar surface area (TPSA) is 145 Å². The summed E-state index contributed by atoms with van der Waals surface area (Å²) >= 11 is 5.91. The lowest BCUT2D eigenvalue weighted by atomic mass is 10.2. The molecule has 0 aliphatic heterocycles. The minimum atomic E-state index is -0.672. The predicted octanol–water partition coefficient (Wildman–Crippen LogP) is 2.87. The molecule has 0 spiro atoms. The van der Waals surface area contributed by atoms with Crippen LogP contribution in [0.4, 0.5) is 5.82 Å². The van der Waals surface area contributed by atoms with E-state index in [0.29, 0.717) is 17.0 Å². The van der Waals surface area contributed by atoms with Crippen LogP contribution in [0, 0.1) is 17.0 Å². The molecule has 156 valence electrons. The molecule has 0 radical (unpaired) electrons. The highest BCUT2D eigenvalue weighted by Crippen LogP contribution is 2.27. The zero-order valence-corrected chi connectivity index (χ0v) is 16.6. The molecule has 0 aliphatic rings. The molecule has 2 heterocycles. The zero-order chi connectivity index (χ0) is 21.8. The first-order valence-corrected chi connectivity index (χ1v) is 8.84. The normalized spacial score (nSPS) is 11.0. The number of hydrogen-bond acceptors (Lipinski definition) is 8. The molecule has 30 heavy (non-hydrogen) atoms. The number of phenolic OH excluding ortho intramolecular Hbond substituents is 1. The third-order valence-electron chi connectivity index (χ3n) is 4.06. The molecular formula is C18H16ClN5O6. The predicted molar refractivity (Wildman–Crippen MR) is 106 cm³/mol. The van der Waals surface area contributed by atoms with Gasteiger partial charge in [-0.1, -0.05) is 11.6 Å². The van der Waals surface area contributed by atoms with Crippen LogP contribution in [-0.4, -0.2) is 39.0 Å². The second-order valence-corrected chi connectivity index (χ2v) is 6.41. The van der Waals surface area contributed by atoms with Crippen molar-refractivity contribution in [3.8, 4) is 11.5 Å². The number of ether oxygens (including phenoxy) is 1. The van der Waals surface area contributed by atoms with Gasteiger partial charge < -0.3 is 24.4 Å². The lowest BCUT2D eigenvalue weighted by Gasteiger charge is -2.03. The van der Waals surface area contributed by atoms with Crippen molar-refractivity contribution in [2.75, 3.05) is 7.11 Å². The molecule has 0 saturated carbocycles. The van der Waals surface area contributed by atoms with Crippen molar-refractivity contribution in [2.24, 2.45) is 5.10 Å². The largest absolute Gasteiger partial charge is 0.504 e. The first kappa shape index (κ1) is 20.9. The number of carbonyl (C=O) groups is 1. The third kappa shape index (κ3) is 4.41. The number of nitrogens with zero attached hydrogens (tertiary/aromatic N) is 4. The summed E-state index contributed by atoms with van der Waals surface area (Å²) in [6, 6.07) is 7.57. The van der Waals surface area contributed by atoms with E-state index >= 15 is 0 Å². The van der Waals surface area contributed by atoms with Crippen LogP contribution in [0.1, 0.15) is 27.6 Å².